The van der Waals surface area contributed by atoms with Gasteiger partial charge in [0.25, 0.3) is 0 Å². The molecule has 6 heteroatoms. The Bertz CT molecular complexity index is 664. The smallest absolute Gasteiger partial charge is 0.305 e. The topological polar surface area (TPSA) is 76.1 Å². The third-order valence-corrected chi connectivity index (χ3v) is 4.49. The molecule has 0 bridgehead atoms. The highest BCUT2D eigenvalue weighted by molar-refractivity contribution is 5.92. The summed E-state index contributed by atoms with van der Waals surface area (Å²) in [7, 11) is 0. The molecule has 0 aromatic heterocycles. The summed E-state index contributed by atoms with van der Waals surface area (Å²) in [5, 5.41) is 8.90. The van der Waals surface area contributed by atoms with Crippen LogP contribution in [0.2, 0.25) is 0 Å². The average molecular weight is 345 g/mol. The molecule has 0 radical (unpaired) electrons. The standard InChI is InChI=1S/C19H23NO5/c21-18(6-4-14-3-5-17-15(12-14)8-11-25-17)20(9-7-19(22)23)13-16-2-1-10-24-16/h3-6,12,16H,1-2,7-11,13H2,(H,22,23). The molecule has 2 heterocycles. The minimum atomic E-state index is -0.909. The average Bonchev–Trinajstić information content (AvgIpc) is 3.27. The van der Waals surface area contributed by atoms with Crippen molar-refractivity contribution in [3.8, 4) is 5.75 Å². The van der Waals surface area contributed by atoms with Gasteiger partial charge in [-0.1, -0.05) is 6.07 Å². The molecule has 0 saturated carbocycles. The second-order valence-corrected chi connectivity index (χ2v) is 6.36. The molecule has 25 heavy (non-hydrogen) atoms. The van der Waals surface area contributed by atoms with E-state index in [1.807, 2.05) is 18.2 Å². The van der Waals surface area contributed by atoms with E-state index in [1.54, 1.807) is 11.0 Å². The maximum absolute atomic E-state index is 12.5. The summed E-state index contributed by atoms with van der Waals surface area (Å²) in [5.74, 6) is -0.189. The summed E-state index contributed by atoms with van der Waals surface area (Å²) in [6, 6.07) is 5.85. The van der Waals surface area contributed by atoms with Gasteiger partial charge in [-0.15, -0.1) is 0 Å². The van der Waals surface area contributed by atoms with Crippen LogP contribution < -0.4 is 4.74 Å². The van der Waals surface area contributed by atoms with Crippen LogP contribution in [0.1, 0.15) is 30.4 Å². The van der Waals surface area contributed by atoms with Gasteiger partial charge in [0.2, 0.25) is 5.91 Å². The van der Waals surface area contributed by atoms with Gasteiger partial charge in [0.15, 0.2) is 0 Å². The Balaban J connectivity index is 1.64. The Morgan fingerprint density at radius 3 is 2.96 bits per heavy atom. The Morgan fingerprint density at radius 1 is 1.32 bits per heavy atom. The molecule has 3 rings (SSSR count). The van der Waals surface area contributed by atoms with E-state index < -0.39 is 5.97 Å². The summed E-state index contributed by atoms with van der Waals surface area (Å²) in [6.07, 6.45) is 5.99. The molecule has 1 saturated heterocycles. The molecule has 2 aliphatic heterocycles. The molecule has 2 aliphatic rings. The lowest BCUT2D eigenvalue weighted by Gasteiger charge is -2.23. The first-order chi connectivity index (χ1) is 12.1. The lowest BCUT2D eigenvalue weighted by atomic mass is 10.1. The van der Waals surface area contributed by atoms with Gasteiger partial charge in [-0.3, -0.25) is 9.59 Å². The second-order valence-electron chi connectivity index (χ2n) is 6.36. The van der Waals surface area contributed by atoms with Gasteiger partial charge in [0.1, 0.15) is 5.75 Å². The zero-order valence-corrected chi connectivity index (χ0v) is 14.1. The maximum Gasteiger partial charge on any atom is 0.305 e. The van der Waals surface area contributed by atoms with Crippen LogP contribution in [0.3, 0.4) is 0 Å². The van der Waals surface area contributed by atoms with E-state index in [-0.39, 0.29) is 25.0 Å². The predicted octanol–water partition coefficient (Wildman–Crippen LogP) is 2.12. The summed E-state index contributed by atoms with van der Waals surface area (Å²) in [4.78, 5) is 24.9. The van der Waals surface area contributed by atoms with E-state index in [1.165, 1.54) is 6.08 Å². The first-order valence-corrected chi connectivity index (χ1v) is 8.68. The van der Waals surface area contributed by atoms with E-state index in [2.05, 4.69) is 0 Å². The minimum Gasteiger partial charge on any atom is -0.493 e. The third-order valence-electron chi connectivity index (χ3n) is 4.49. The summed E-state index contributed by atoms with van der Waals surface area (Å²) in [5.41, 5.74) is 2.09. The van der Waals surface area contributed by atoms with Gasteiger partial charge < -0.3 is 19.5 Å². The zero-order valence-electron chi connectivity index (χ0n) is 14.1. The summed E-state index contributed by atoms with van der Waals surface area (Å²) < 4.78 is 11.1. The van der Waals surface area contributed by atoms with Crippen molar-refractivity contribution in [2.75, 3.05) is 26.3 Å². The fourth-order valence-corrected chi connectivity index (χ4v) is 3.14. The first kappa shape index (κ1) is 17.5. The number of fused-ring (bicyclic) bond motifs is 1. The van der Waals surface area contributed by atoms with Crippen molar-refractivity contribution in [2.24, 2.45) is 0 Å². The molecule has 6 nitrogen and oxygen atoms in total. The quantitative estimate of drug-likeness (QED) is 0.766. The number of benzene rings is 1. The van der Waals surface area contributed by atoms with Crippen LogP contribution >= 0.6 is 0 Å². The molecule has 134 valence electrons. The number of hydrogen-bond acceptors (Lipinski definition) is 4. The molecular formula is C19H23NO5. The van der Waals surface area contributed by atoms with Gasteiger partial charge in [-0.2, -0.15) is 0 Å². The van der Waals surface area contributed by atoms with Crippen molar-refractivity contribution in [1.82, 2.24) is 4.90 Å². The molecule has 0 spiro atoms. The highest BCUT2D eigenvalue weighted by atomic mass is 16.5. The molecule has 1 N–H and O–H groups in total. The number of hydrogen-bond donors (Lipinski definition) is 1. The van der Waals surface area contributed by atoms with Crippen LogP contribution in [0.5, 0.6) is 5.75 Å². The Hall–Kier alpha value is -2.34. The van der Waals surface area contributed by atoms with Crippen molar-refractivity contribution >= 4 is 18.0 Å². The Labute approximate surface area is 147 Å². The van der Waals surface area contributed by atoms with Gasteiger partial charge in [-0.05, 0) is 42.2 Å². The van der Waals surface area contributed by atoms with Crippen LogP contribution in [0.15, 0.2) is 24.3 Å². The van der Waals surface area contributed by atoms with Gasteiger partial charge >= 0.3 is 5.97 Å². The van der Waals surface area contributed by atoms with Crippen LogP contribution in [0, 0.1) is 0 Å². The number of aliphatic carboxylic acids is 1. The van der Waals surface area contributed by atoms with E-state index in [4.69, 9.17) is 14.6 Å². The molecule has 1 unspecified atom stereocenters. The van der Waals surface area contributed by atoms with E-state index in [0.29, 0.717) is 19.8 Å². The minimum absolute atomic E-state index is 0.00304. The number of carboxylic acids is 1. The molecule has 1 atom stereocenters. The van der Waals surface area contributed by atoms with Crippen LogP contribution in [-0.2, 0) is 20.7 Å². The number of ether oxygens (including phenoxy) is 2. The zero-order chi connectivity index (χ0) is 17.6. The molecule has 0 aliphatic carbocycles. The number of carbonyl (C=O) groups excluding carboxylic acids is 1. The van der Waals surface area contributed by atoms with Gasteiger partial charge in [0.05, 0.1) is 19.1 Å². The van der Waals surface area contributed by atoms with E-state index >= 15 is 0 Å². The molecule has 1 amide bonds. The van der Waals surface area contributed by atoms with Gasteiger partial charge in [0, 0.05) is 32.2 Å². The normalized spacial score (nSPS) is 19.0. The first-order valence-electron chi connectivity index (χ1n) is 8.68. The van der Waals surface area contributed by atoms with Crippen LogP contribution in [-0.4, -0.2) is 54.3 Å². The van der Waals surface area contributed by atoms with E-state index in [9.17, 15) is 9.59 Å². The van der Waals surface area contributed by atoms with E-state index in [0.717, 1.165) is 36.1 Å². The number of amides is 1. The lowest BCUT2D eigenvalue weighted by molar-refractivity contribution is -0.138. The third kappa shape index (κ3) is 4.82. The maximum atomic E-state index is 12.5. The SMILES string of the molecule is O=C(O)CCN(CC1CCCO1)C(=O)C=Cc1ccc2c(c1)CCO2. The van der Waals surface area contributed by atoms with Crippen molar-refractivity contribution in [3.05, 3.63) is 35.4 Å². The monoisotopic (exact) mass is 345 g/mol. The number of carbonyl (C=O) groups is 2. The fraction of sp³-hybridized carbons (Fsp3) is 0.474. The highest BCUT2D eigenvalue weighted by Crippen LogP contribution is 2.26. The van der Waals surface area contributed by atoms with Crippen molar-refractivity contribution in [1.29, 1.82) is 0 Å². The largest absolute Gasteiger partial charge is 0.493 e. The Kier molecular flexibility index (Phi) is 5.71. The molecular weight excluding hydrogens is 322 g/mol. The number of rotatable bonds is 7. The lowest BCUT2D eigenvalue weighted by Crippen LogP contribution is -2.37. The van der Waals surface area contributed by atoms with Crippen molar-refractivity contribution in [3.63, 3.8) is 0 Å². The fourth-order valence-electron chi connectivity index (χ4n) is 3.14. The molecule has 1 fully saturated rings. The van der Waals surface area contributed by atoms with Crippen LogP contribution in [0.25, 0.3) is 6.08 Å². The van der Waals surface area contributed by atoms with Crippen molar-refractivity contribution < 1.29 is 24.2 Å². The predicted molar refractivity (Wildman–Crippen MR) is 92.5 cm³/mol. The number of nitrogens with zero attached hydrogens (tertiary/aromatic N) is 1. The molecule has 1 aromatic rings. The van der Waals surface area contributed by atoms with Crippen molar-refractivity contribution in [2.45, 2.75) is 31.8 Å². The highest BCUT2D eigenvalue weighted by Gasteiger charge is 2.22. The Morgan fingerprint density at radius 2 is 2.20 bits per heavy atom. The number of carboxylic acid groups (broad SMARTS) is 1. The van der Waals surface area contributed by atoms with Gasteiger partial charge in [-0.25, -0.2) is 0 Å². The summed E-state index contributed by atoms with van der Waals surface area (Å²) in [6.45, 7) is 2.04. The van der Waals surface area contributed by atoms with Crippen LogP contribution in [0.4, 0.5) is 0 Å². The second kappa shape index (κ2) is 8.16. The summed E-state index contributed by atoms with van der Waals surface area (Å²) >= 11 is 0. The molecule has 1 aromatic carbocycles.